The number of halogens is 2. The van der Waals surface area contributed by atoms with Gasteiger partial charge in [0.15, 0.2) is 0 Å². The average molecular weight is 405 g/mol. The summed E-state index contributed by atoms with van der Waals surface area (Å²) in [6, 6.07) is 15.5. The van der Waals surface area contributed by atoms with Crippen molar-refractivity contribution in [2.45, 2.75) is 65.2 Å². The molecular formula is C28H30F2. The van der Waals surface area contributed by atoms with Crippen LogP contribution in [0.3, 0.4) is 0 Å². The molecule has 1 unspecified atom stereocenters. The van der Waals surface area contributed by atoms with Crippen molar-refractivity contribution in [3.8, 4) is 22.3 Å². The fourth-order valence-corrected chi connectivity index (χ4v) is 4.69. The maximum Gasteiger partial charge on any atom is 0.131 e. The minimum Gasteiger partial charge on any atom is -0.207 e. The molecule has 156 valence electrons. The van der Waals surface area contributed by atoms with E-state index in [-0.39, 0.29) is 23.0 Å². The Balaban J connectivity index is 1.83. The molecule has 0 saturated carbocycles. The highest BCUT2D eigenvalue weighted by atomic mass is 19.1. The molecule has 1 aliphatic rings. The van der Waals surface area contributed by atoms with Gasteiger partial charge in [-0.05, 0) is 75.4 Å². The Morgan fingerprint density at radius 1 is 0.767 bits per heavy atom. The molecule has 0 fully saturated rings. The maximum absolute atomic E-state index is 14.9. The number of hydrogen-bond acceptors (Lipinski definition) is 0. The van der Waals surface area contributed by atoms with Crippen LogP contribution in [0.25, 0.3) is 22.3 Å². The van der Waals surface area contributed by atoms with Crippen molar-refractivity contribution in [2.75, 3.05) is 0 Å². The average Bonchev–Trinajstić information content (AvgIpc) is 2.95. The lowest BCUT2D eigenvalue weighted by Gasteiger charge is -2.23. The van der Waals surface area contributed by atoms with Crippen LogP contribution < -0.4 is 0 Å². The van der Waals surface area contributed by atoms with Crippen LogP contribution in [0.2, 0.25) is 0 Å². The number of rotatable bonds is 4. The van der Waals surface area contributed by atoms with E-state index in [0.29, 0.717) is 17.0 Å². The van der Waals surface area contributed by atoms with Crippen LogP contribution in [0, 0.1) is 11.6 Å². The molecule has 0 nitrogen and oxygen atoms in total. The minimum absolute atomic E-state index is 0.0540. The summed E-state index contributed by atoms with van der Waals surface area (Å²) in [6.07, 6.45) is 1.10. The molecule has 0 aromatic heterocycles. The molecular weight excluding hydrogens is 374 g/mol. The molecule has 3 aromatic rings. The highest BCUT2D eigenvalue weighted by molar-refractivity contribution is 5.84. The van der Waals surface area contributed by atoms with Gasteiger partial charge in [0, 0.05) is 11.0 Å². The molecule has 0 radical (unpaired) electrons. The second-order valence-corrected chi connectivity index (χ2v) is 9.51. The van der Waals surface area contributed by atoms with Crippen molar-refractivity contribution in [1.82, 2.24) is 0 Å². The fraction of sp³-hybridized carbons (Fsp3) is 0.357. The lowest BCUT2D eigenvalue weighted by atomic mass is 9.80. The molecule has 0 saturated heterocycles. The van der Waals surface area contributed by atoms with Crippen molar-refractivity contribution in [3.05, 3.63) is 82.4 Å². The second-order valence-electron chi connectivity index (χ2n) is 9.51. The molecule has 1 aliphatic carbocycles. The smallest absolute Gasteiger partial charge is 0.131 e. The van der Waals surface area contributed by atoms with E-state index in [1.807, 2.05) is 26.0 Å². The number of hydrogen-bond donors (Lipinski definition) is 0. The van der Waals surface area contributed by atoms with E-state index in [1.54, 1.807) is 0 Å². The summed E-state index contributed by atoms with van der Waals surface area (Å²) >= 11 is 0. The molecule has 0 amide bonds. The largest absolute Gasteiger partial charge is 0.207 e. The van der Waals surface area contributed by atoms with Crippen LogP contribution in [0.1, 0.15) is 82.1 Å². The quantitative estimate of drug-likeness (QED) is 0.408. The van der Waals surface area contributed by atoms with E-state index in [2.05, 4.69) is 52.0 Å². The Hall–Kier alpha value is -2.48. The van der Waals surface area contributed by atoms with Gasteiger partial charge in [0.05, 0.1) is 0 Å². The first-order chi connectivity index (χ1) is 14.1. The standard InChI is InChI=1S/C28H30F2/c1-7-17(4)18-8-10-20-21-11-9-19(13-25(21)28(5,6)24(20)12-18)23-15-26(29)22(16(2)3)14-27(23)30/h8-17H,7H2,1-6H3. The highest BCUT2D eigenvalue weighted by Gasteiger charge is 2.36. The van der Waals surface area contributed by atoms with Gasteiger partial charge in [-0.3, -0.25) is 0 Å². The molecule has 2 heteroatoms. The Labute approximate surface area is 179 Å². The van der Waals surface area contributed by atoms with Crippen LogP contribution >= 0.6 is 0 Å². The Morgan fingerprint density at radius 2 is 1.40 bits per heavy atom. The van der Waals surface area contributed by atoms with Crippen molar-refractivity contribution in [1.29, 1.82) is 0 Å². The van der Waals surface area contributed by atoms with E-state index >= 15 is 0 Å². The maximum atomic E-state index is 14.9. The molecule has 0 spiro atoms. The first-order valence-electron chi connectivity index (χ1n) is 10.9. The molecule has 30 heavy (non-hydrogen) atoms. The predicted octanol–water partition coefficient (Wildman–Crippen LogP) is 8.58. The van der Waals surface area contributed by atoms with Crippen LogP contribution in [0.4, 0.5) is 8.78 Å². The Kier molecular flexibility index (Phi) is 5.08. The van der Waals surface area contributed by atoms with Gasteiger partial charge in [-0.2, -0.15) is 0 Å². The third kappa shape index (κ3) is 3.17. The Bertz CT molecular complexity index is 1120. The summed E-state index contributed by atoms with van der Waals surface area (Å²) in [4.78, 5) is 0. The van der Waals surface area contributed by atoms with Crippen molar-refractivity contribution >= 4 is 0 Å². The molecule has 3 aromatic carbocycles. The van der Waals surface area contributed by atoms with Crippen molar-refractivity contribution in [2.24, 2.45) is 0 Å². The highest BCUT2D eigenvalue weighted by Crippen LogP contribution is 2.50. The first kappa shape index (κ1) is 20.8. The lowest BCUT2D eigenvalue weighted by molar-refractivity contribution is 0.578. The van der Waals surface area contributed by atoms with Crippen molar-refractivity contribution in [3.63, 3.8) is 0 Å². The van der Waals surface area contributed by atoms with Gasteiger partial charge in [0.1, 0.15) is 11.6 Å². The van der Waals surface area contributed by atoms with Crippen LogP contribution in [-0.2, 0) is 5.41 Å². The number of benzene rings is 3. The summed E-state index contributed by atoms with van der Waals surface area (Å²) in [5.41, 5.74) is 7.56. The summed E-state index contributed by atoms with van der Waals surface area (Å²) < 4.78 is 29.5. The third-order valence-electron chi connectivity index (χ3n) is 6.90. The second kappa shape index (κ2) is 7.34. The van der Waals surface area contributed by atoms with E-state index < -0.39 is 0 Å². The molecule has 0 N–H and O–H groups in total. The summed E-state index contributed by atoms with van der Waals surface area (Å²) in [5, 5.41) is 0. The van der Waals surface area contributed by atoms with Gasteiger partial charge < -0.3 is 0 Å². The fourth-order valence-electron chi connectivity index (χ4n) is 4.69. The molecule has 0 heterocycles. The van der Waals surface area contributed by atoms with E-state index in [1.165, 1.54) is 39.9 Å². The zero-order valence-corrected chi connectivity index (χ0v) is 18.7. The molecule has 0 aliphatic heterocycles. The molecule has 4 rings (SSSR count). The normalized spacial score (nSPS) is 15.2. The van der Waals surface area contributed by atoms with E-state index in [4.69, 9.17) is 0 Å². The van der Waals surface area contributed by atoms with Crippen molar-refractivity contribution < 1.29 is 8.78 Å². The molecule has 1 atom stereocenters. The van der Waals surface area contributed by atoms with Gasteiger partial charge in [-0.1, -0.05) is 71.9 Å². The zero-order valence-electron chi connectivity index (χ0n) is 18.7. The van der Waals surface area contributed by atoms with Crippen LogP contribution in [0.5, 0.6) is 0 Å². The van der Waals surface area contributed by atoms with Crippen LogP contribution in [-0.4, -0.2) is 0 Å². The van der Waals surface area contributed by atoms with Crippen LogP contribution in [0.15, 0.2) is 48.5 Å². The first-order valence-corrected chi connectivity index (χ1v) is 10.9. The van der Waals surface area contributed by atoms with E-state index in [9.17, 15) is 8.78 Å². The SMILES string of the molecule is CCC(C)c1ccc2c(c1)C(C)(C)c1cc(-c3cc(F)c(C(C)C)cc3F)ccc1-2. The Morgan fingerprint density at radius 3 is 2.03 bits per heavy atom. The minimum atomic E-state index is -0.368. The van der Waals surface area contributed by atoms with Gasteiger partial charge >= 0.3 is 0 Å². The monoisotopic (exact) mass is 404 g/mol. The van der Waals surface area contributed by atoms with Gasteiger partial charge in [-0.15, -0.1) is 0 Å². The number of fused-ring (bicyclic) bond motifs is 3. The van der Waals surface area contributed by atoms with E-state index in [0.717, 1.165) is 12.0 Å². The van der Waals surface area contributed by atoms with Gasteiger partial charge in [0.25, 0.3) is 0 Å². The summed E-state index contributed by atoms with van der Waals surface area (Å²) in [6.45, 7) is 12.7. The lowest BCUT2D eigenvalue weighted by Crippen LogP contribution is -2.15. The van der Waals surface area contributed by atoms with Gasteiger partial charge in [0.2, 0.25) is 0 Å². The van der Waals surface area contributed by atoms with Gasteiger partial charge in [-0.25, -0.2) is 8.78 Å². The topological polar surface area (TPSA) is 0 Å². The predicted molar refractivity (Wildman–Crippen MR) is 122 cm³/mol. The molecule has 0 bridgehead atoms. The summed E-state index contributed by atoms with van der Waals surface area (Å²) in [7, 11) is 0. The zero-order chi connectivity index (χ0) is 21.8. The third-order valence-corrected chi connectivity index (χ3v) is 6.90. The summed E-state index contributed by atoms with van der Waals surface area (Å²) in [5.74, 6) is -0.251.